The van der Waals surface area contributed by atoms with Gasteiger partial charge in [0, 0.05) is 12.7 Å². The molecule has 0 radical (unpaired) electrons. The Morgan fingerprint density at radius 3 is 2.68 bits per heavy atom. The van der Waals surface area contributed by atoms with Crippen molar-refractivity contribution >= 4 is 5.71 Å². The molecule has 0 saturated heterocycles. The van der Waals surface area contributed by atoms with E-state index in [1.807, 2.05) is 0 Å². The maximum absolute atomic E-state index is 13.1. The second-order valence-electron chi connectivity index (χ2n) is 3.78. The number of ether oxygens (including phenoxy) is 3. The molecular formula is C13H18FNO4. The van der Waals surface area contributed by atoms with Crippen LogP contribution in [-0.2, 0) is 9.47 Å². The van der Waals surface area contributed by atoms with Crippen LogP contribution in [0.5, 0.6) is 5.75 Å². The van der Waals surface area contributed by atoms with Crippen LogP contribution < -0.4 is 4.74 Å². The van der Waals surface area contributed by atoms with Crippen molar-refractivity contribution in [3.63, 3.8) is 0 Å². The van der Waals surface area contributed by atoms with Crippen LogP contribution in [0.4, 0.5) is 4.39 Å². The van der Waals surface area contributed by atoms with E-state index in [9.17, 15) is 4.39 Å². The Morgan fingerprint density at radius 1 is 1.26 bits per heavy atom. The summed E-state index contributed by atoms with van der Waals surface area (Å²) < 4.78 is 28.7. The van der Waals surface area contributed by atoms with E-state index < -0.39 is 5.82 Å². The van der Waals surface area contributed by atoms with E-state index in [4.69, 9.17) is 19.4 Å². The highest BCUT2D eigenvalue weighted by molar-refractivity contribution is 6.00. The molecule has 0 atom stereocenters. The van der Waals surface area contributed by atoms with Gasteiger partial charge in [-0.25, -0.2) is 4.39 Å². The number of halogens is 1. The summed E-state index contributed by atoms with van der Waals surface area (Å²) in [6, 6.07) is 4.04. The molecule has 0 aromatic heterocycles. The van der Waals surface area contributed by atoms with Gasteiger partial charge in [0.25, 0.3) is 0 Å². The molecule has 0 bridgehead atoms. The second-order valence-corrected chi connectivity index (χ2v) is 3.78. The fourth-order valence-corrected chi connectivity index (χ4v) is 1.42. The summed E-state index contributed by atoms with van der Waals surface area (Å²) in [6.45, 7) is 3.30. The highest BCUT2D eigenvalue weighted by Gasteiger charge is 2.09. The molecule has 6 heteroatoms. The van der Waals surface area contributed by atoms with E-state index in [-0.39, 0.29) is 5.71 Å². The van der Waals surface area contributed by atoms with Crippen molar-refractivity contribution in [1.29, 1.82) is 0 Å². The van der Waals surface area contributed by atoms with Gasteiger partial charge in [-0.15, -0.1) is 0 Å². The summed E-state index contributed by atoms with van der Waals surface area (Å²) in [5.41, 5.74) is 0.703. The Balaban J connectivity index is 2.53. The maximum Gasteiger partial charge on any atom is 0.128 e. The van der Waals surface area contributed by atoms with Gasteiger partial charge in [-0.05, 0) is 25.1 Å². The fraction of sp³-hybridized carbons (Fsp3) is 0.462. The molecule has 19 heavy (non-hydrogen) atoms. The minimum absolute atomic E-state index is 0.287. The lowest BCUT2D eigenvalue weighted by Crippen LogP contribution is -2.11. The highest BCUT2D eigenvalue weighted by Crippen LogP contribution is 2.20. The van der Waals surface area contributed by atoms with Gasteiger partial charge in [0.05, 0.1) is 25.5 Å². The lowest BCUT2D eigenvalue weighted by molar-refractivity contribution is 0.0544. The molecule has 106 valence electrons. The number of rotatable bonds is 8. The van der Waals surface area contributed by atoms with Gasteiger partial charge in [-0.2, -0.15) is 0 Å². The molecule has 0 amide bonds. The summed E-state index contributed by atoms with van der Waals surface area (Å²) in [7, 11) is 1.60. The first-order valence-corrected chi connectivity index (χ1v) is 5.87. The van der Waals surface area contributed by atoms with Crippen molar-refractivity contribution in [1.82, 2.24) is 0 Å². The zero-order valence-corrected chi connectivity index (χ0v) is 11.1. The SMILES string of the molecule is COCCOCCOc1ccc(F)cc1C(C)=NO. The zero-order chi connectivity index (χ0) is 14.1. The van der Waals surface area contributed by atoms with Gasteiger partial charge in [0.1, 0.15) is 18.2 Å². The summed E-state index contributed by atoms with van der Waals surface area (Å²) in [5.74, 6) is 0.0359. The number of oxime groups is 1. The van der Waals surface area contributed by atoms with Crippen molar-refractivity contribution in [2.24, 2.45) is 5.16 Å². The maximum atomic E-state index is 13.1. The minimum Gasteiger partial charge on any atom is -0.490 e. The summed E-state index contributed by atoms with van der Waals surface area (Å²) >= 11 is 0. The number of benzene rings is 1. The number of methoxy groups -OCH3 is 1. The zero-order valence-electron chi connectivity index (χ0n) is 11.1. The van der Waals surface area contributed by atoms with Crippen molar-refractivity contribution in [2.75, 3.05) is 33.5 Å². The van der Waals surface area contributed by atoms with Crippen molar-refractivity contribution in [2.45, 2.75) is 6.92 Å². The third-order valence-corrected chi connectivity index (χ3v) is 2.40. The molecule has 1 rings (SSSR count). The van der Waals surface area contributed by atoms with E-state index in [0.717, 1.165) is 0 Å². The Labute approximate surface area is 111 Å². The smallest absolute Gasteiger partial charge is 0.128 e. The quantitative estimate of drug-likeness (QED) is 0.340. The van der Waals surface area contributed by atoms with E-state index in [0.29, 0.717) is 37.7 Å². The van der Waals surface area contributed by atoms with Gasteiger partial charge in [0.2, 0.25) is 0 Å². The molecule has 0 aliphatic carbocycles. The minimum atomic E-state index is -0.415. The Morgan fingerprint density at radius 2 is 2.00 bits per heavy atom. The van der Waals surface area contributed by atoms with Gasteiger partial charge < -0.3 is 19.4 Å². The first-order valence-electron chi connectivity index (χ1n) is 5.87. The normalized spacial score (nSPS) is 11.6. The molecule has 0 saturated carbocycles. The van der Waals surface area contributed by atoms with Crippen LogP contribution in [0.2, 0.25) is 0 Å². The lowest BCUT2D eigenvalue weighted by Gasteiger charge is -2.11. The van der Waals surface area contributed by atoms with Crippen LogP contribution in [0.1, 0.15) is 12.5 Å². The van der Waals surface area contributed by atoms with Crippen LogP contribution in [0.15, 0.2) is 23.4 Å². The summed E-state index contributed by atoms with van der Waals surface area (Å²) in [4.78, 5) is 0. The Hall–Kier alpha value is -1.66. The first-order chi connectivity index (χ1) is 9.19. The largest absolute Gasteiger partial charge is 0.490 e. The topological polar surface area (TPSA) is 60.3 Å². The standard InChI is InChI=1S/C13H18FNO4/c1-10(15-16)12-9-11(14)3-4-13(12)19-8-7-18-6-5-17-2/h3-4,9,16H,5-8H2,1-2H3. The summed E-state index contributed by atoms with van der Waals surface area (Å²) in [5, 5.41) is 11.8. The fourth-order valence-electron chi connectivity index (χ4n) is 1.42. The molecule has 1 aromatic rings. The number of hydrogen-bond acceptors (Lipinski definition) is 5. The number of hydrogen-bond donors (Lipinski definition) is 1. The van der Waals surface area contributed by atoms with Gasteiger partial charge in [-0.1, -0.05) is 5.16 Å². The van der Waals surface area contributed by atoms with Crippen molar-refractivity contribution < 1.29 is 23.8 Å². The van der Waals surface area contributed by atoms with Crippen molar-refractivity contribution in [3.05, 3.63) is 29.6 Å². The van der Waals surface area contributed by atoms with E-state index >= 15 is 0 Å². The average molecular weight is 271 g/mol. The molecule has 5 nitrogen and oxygen atoms in total. The predicted octanol–water partition coefficient (Wildman–Crippen LogP) is 2.07. The van der Waals surface area contributed by atoms with Gasteiger partial charge >= 0.3 is 0 Å². The lowest BCUT2D eigenvalue weighted by atomic mass is 10.1. The monoisotopic (exact) mass is 271 g/mol. The second kappa shape index (κ2) is 8.44. The van der Waals surface area contributed by atoms with Crippen LogP contribution in [0.25, 0.3) is 0 Å². The molecule has 0 aliphatic heterocycles. The van der Waals surface area contributed by atoms with Gasteiger partial charge in [-0.3, -0.25) is 0 Å². The molecule has 1 aromatic carbocycles. The molecule has 1 N–H and O–H groups in total. The highest BCUT2D eigenvalue weighted by atomic mass is 19.1. The molecule has 0 aliphatic rings. The van der Waals surface area contributed by atoms with Crippen LogP contribution in [-0.4, -0.2) is 44.5 Å². The number of nitrogens with zero attached hydrogens (tertiary/aromatic N) is 1. The predicted molar refractivity (Wildman–Crippen MR) is 68.6 cm³/mol. The third kappa shape index (κ3) is 5.23. The van der Waals surface area contributed by atoms with Crippen LogP contribution >= 0.6 is 0 Å². The molecule has 0 heterocycles. The van der Waals surface area contributed by atoms with E-state index in [1.54, 1.807) is 14.0 Å². The molecule has 0 fully saturated rings. The molecule has 0 unspecified atom stereocenters. The Kier molecular flexibility index (Phi) is 6.84. The molecular weight excluding hydrogens is 253 g/mol. The van der Waals surface area contributed by atoms with Gasteiger partial charge in [0.15, 0.2) is 0 Å². The van der Waals surface area contributed by atoms with E-state index in [2.05, 4.69) is 5.16 Å². The van der Waals surface area contributed by atoms with E-state index in [1.165, 1.54) is 18.2 Å². The molecule has 0 spiro atoms. The Bertz CT molecular complexity index is 423. The average Bonchev–Trinajstić information content (AvgIpc) is 2.43. The third-order valence-electron chi connectivity index (χ3n) is 2.40. The van der Waals surface area contributed by atoms with Crippen LogP contribution in [0.3, 0.4) is 0 Å². The first kappa shape index (κ1) is 15.4. The summed E-state index contributed by atoms with van der Waals surface area (Å²) in [6.07, 6.45) is 0. The van der Waals surface area contributed by atoms with Crippen molar-refractivity contribution in [3.8, 4) is 5.75 Å². The van der Waals surface area contributed by atoms with Crippen LogP contribution in [0, 0.1) is 5.82 Å².